The third kappa shape index (κ3) is 3.60. The first-order valence-corrected chi connectivity index (χ1v) is 9.86. The molecule has 2 aromatic rings. The topological polar surface area (TPSA) is 34.1 Å². The molecule has 6 heteroatoms. The Morgan fingerprint density at radius 2 is 1.42 bits per heavy atom. The maximum absolute atomic E-state index is 13.0. The van der Waals surface area contributed by atoms with Crippen molar-refractivity contribution in [3.05, 3.63) is 76.9 Å². The fourth-order valence-corrected chi connectivity index (χ4v) is 3.72. The van der Waals surface area contributed by atoms with Gasteiger partial charge in [-0.2, -0.15) is 13.2 Å². The molecule has 2 nitrogen and oxygen atoms in total. The molecule has 0 saturated heterocycles. The molecule has 0 spiro atoms. The smallest absolute Gasteiger partial charge is 0.224 e. The van der Waals surface area contributed by atoms with Crippen molar-refractivity contribution < 1.29 is 21.6 Å². The highest BCUT2D eigenvalue weighted by molar-refractivity contribution is 7.90. The van der Waals surface area contributed by atoms with Crippen LogP contribution in [0.15, 0.2) is 59.5 Å². The summed E-state index contributed by atoms with van der Waals surface area (Å²) in [5.41, 5.74) is 2.83. The summed E-state index contributed by atoms with van der Waals surface area (Å²) >= 11 is 0. The van der Waals surface area contributed by atoms with Crippen LogP contribution < -0.4 is 0 Å². The molecule has 0 bridgehead atoms. The van der Waals surface area contributed by atoms with Crippen LogP contribution >= 0.6 is 0 Å². The van der Waals surface area contributed by atoms with Gasteiger partial charge in [-0.15, -0.1) is 0 Å². The first-order chi connectivity index (χ1) is 12.1. The molecule has 1 aliphatic carbocycles. The Morgan fingerprint density at radius 1 is 0.885 bits per heavy atom. The van der Waals surface area contributed by atoms with E-state index in [0.717, 1.165) is 29.0 Å². The van der Waals surface area contributed by atoms with Crippen molar-refractivity contribution in [3.63, 3.8) is 0 Å². The quantitative estimate of drug-likeness (QED) is 0.727. The first kappa shape index (κ1) is 18.5. The van der Waals surface area contributed by atoms with Crippen LogP contribution in [0.25, 0.3) is 11.1 Å². The minimum Gasteiger partial charge on any atom is -0.224 e. The number of rotatable bonds is 3. The number of aryl methyl sites for hydroxylation is 1. The van der Waals surface area contributed by atoms with Crippen molar-refractivity contribution >= 4 is 21.0 Å². The molecule has 136 valence electrons. The number of hydrogen-bond donors (Lipinski definition) is 0. The standard InChI is InChI=1S/C20H17F3O2S/c1-13-12-15(8-11-19(13)20(21,22)23)18-5-3-4-17(18)14-6-9-16(10-7-14)26(2,24)25/h4-12H,3H2,1-2H3. The number of sulfone groups is 1. The number of hydrogen-bond acceptors (Lipinski definition) is 2. The van der Waals surface area contributed by atoms with Crippen molar-refractivity contribution in [2.24, 2.45) is 0 Å². The van der Waals surface area contributed by atoms with Crippen LogP contribution in [-0.2, 0) is 16.0 Å². The molecule has 2 aromatic carbocycles. The monoisotopic (exact) mass is 378 g/mol. The maximum Gasteiger partial charge on any atom is 0.416 e. The SMILES string of the molecule is Cc1cc(C2=CCC=C2c2ccc(S(C)(=O)=O)cc2)ccc1C(F)(F)F. The Kier molecular flexibility index (Phi) is 4.56. The Labute approximate surface area is 150 Å². The summed E-state index contributed by atoms with van der Waals surface area (Å²) in [4.78, 5) is 0.232. The Balaban J connectivity index is 1.95. The molecule has 3 rings (SSSR count). The third-order valence-corrected chi connectivity index (χ3v) is 5.50. The van der Waals surface area contributed by atoms with Crippen LogP contribution in [0.5, 0.6) is 0 Å². The van der Waals surface area contributed by atoms with Crippen molar-refractivity contribution in [2.45, 2.75) is 24.4 Å². The van der Waals surface area contributed by atoms with E-state index in [2.05, 4.69) is 0 Å². The van der Waals surface area contributed by atoms with Crippen LogP contribution in [-0.4, -0.2) is 14.7 Å². The predicted octanol–water partition coefficient (Wildman–Crippen LogP) is 5.29. The molecule has 0 unspecified atom stereocenters. The molecule has 0 heterocycles. The molecule has 0 radical (unpaired) electrons. The van der Waals surface area contributed by atoms with E-state index >= 15 is 0 Å². The van der Waals surface area contributed by atoms with Gasteiger partial charge in [-0.05, 0) is 59.4 Å². The molecule has 0 atom stereocenters. The van der Waals surface area contributed by atoms with Gasteiger partial charge in [0.1, 0.15) is 0 Å². The van der Waals surface area contributed by atoms with Gasteiger partial charge in [0.25, 0.3) is 0 Å². The van der Waals surface area contributed by atoms with E-state index in [1.807, 2.05) is 12.2 Å². The number of allylic oxidation sites excluding steroid dienone is 4. The van der Waals surface area contributed by atoms with Gasteiger partial charge in [0.05, 0.1) is 10.5 Å². The Morgan fingerprint density at radius 3 is 1.92 bits per heavy atom. The van der Waals surface area contributed by atoms with Crippen LogP contribution in [0, 0.1) is 6.92 Å². The number of benzene rings is 2. The Bertz CT molecular complexity index is 1010. The summed E-state index contributed by atoms with van der Waals surface area (Å²) in [6.45, 7) is 1.45. The summed E-state index contributed by atoms with van der Waals surface area (Å²) in [5, 5.41) is 0. The molecule has 0 amide bonds. The highest BCUT2D eigenvalue weighted by Crippen LogP contribution is 2.39. The van der Waals surface area contributed by atoms with Crippen molar-refractivity contribution in [3.8, 4) is 0 Å². The maximum atomic E-state index is 13.0. The summed E-state index contributed by atoms with van der Waals surface area (Å²) in [7, 11) is -3.27. The molecule has 1 aliphatic rings. The Hall–Kier alpha value is -2.34. The van der Waals surface area contributed by atoms with Crippen LogP contribution in [0.3, 0.4) is 0 Å². The summed E-state index contributed by atoms with van der Waals surface area (Å²) < 4.78 is 62.0. The molecular weight excluding hydrogens is 361 g/mol. The average Bonchev–Trinajstić information content (AvgIpc) is 3.02. The fourth-order valence-electron chi connectivity index (χ4n) is 3.09. The average molecular weight is 378 g/mol. The lowest BCUT2D eigenvalue weighted by Crippen LogP contribution is -2.07. The molecule has 0 N–H and O–H groups in total. The van der Waals surface area contributed by atoms with Gasteiger partial charge in [-0.25, -0.2) is 8.42 Å². The van der Waals surface area contributed by atoms with Gasteiger partial charge in [-0.3, -0.25) is 0 Å². The number of halogens is 3. The van der Waals surface area contributed by atoms with E-state index in [0.29, 0.717) is 12.0 Å². The largest absolute Gasteiger partial charge is 0.416 e. The minimum atomic E-state index is -4.37. The number of alkyl halides is 3. The molecule has 0 fully saturated rings. The van der Waals surface area contributed by atoms with Crippen LogP contribution in [0.2, 0.25) is 0 Å². The van der Waals surface area contributed by atoms with Crippen molar-refractivity contribution in [1.29, 1.82) is 0 Å². The van der Waals surface area contributed by atoms with E-state index in [1.165, 1.54) is 13.0 Å². The minimum absolute atomic E-state index is 0.176. The van der Waals surface area contributed by atoms with E-state index in [-0.39, 0.29) is 10.5 Å². The molecule has 0 aliphatic heterocycles. The summed E-state index contributed by atoms with van der Waals surface area (Å²) in [6.07, 6.45) is 1.40. The third-order valence-electron chi connectivity index (χ3n) is 4.37. The van der Waals surface area contributed by atoms with Gasteiger partial charge in [0.15, 0.2) is 9.84 Å². The van der Waals surface area contributed by atoms with Gasteiger partial charge in [0.2, 0.25) is 0 Å². The lowest BCUT2D eigenvalue weighted by molar-refractivity contribution is -0.138. The molecular formula is C20H17F3O2S. The van der Waals surface area contributed by atoms with Crippen LogP contribution in [0.1, 0.15) is 28.7 Å². The van der Waals surface area contributed by atoms with E-state index < -0.39 is 21.6 Å². The second-order valence-corrected chi connectivity index (χ2v) is 8.31. The predicted molar refractivity (Wildman–Crippen MR) is 96.3 cm³/mol. The zero-order chi connectivity index (χ0) is 19.1. The van der Waals surface area contributed by atoms with E-state index in [9.17, 15) is 21.6 Å². The fraction of sp³-hybridized carbons (Fsp3) is 0.200. The normalized spacial score (nSPS) is 15.0. The lowest BCUT2D eigenvalue weighted by atomic mass is 9.93. The van der Waals surface area contributed by atoms with E-state index in [4.69, 9.17) is 0 Å². The lowest BCUT2D eigenvalue weighted by Gasteiger charge is -2.14. The second-order valence-electron chi connectivity index (χ2n) is 6.30. The van der Waals surface area contributed by atoms with Crippen molar-refractivity contribution in [2.75, 3.05) is 6.26 Å². The van der Waals surface area contributed by atoms with Gasteiger partial charge in [-0.1, -0.05) is 36.4 Å². The molecule has 26 heavy (non-hydrogen) atoms. The summed E-state index contributed by atoms with van der Waals surface area (Å²) in [5.74, 6) is 0. The van der Waals surface area contributed by atoms with Gasteiger partial charge >= 0.3 is 6.18 Å². The van der Waals surface area contributed by atoms with Crippen molar-refractivity contribution in [1.82, 2.24) is 0 Å². The van der Waals surface area contributed by atoms with E-state index in [1.54, 1.807) is 30.3 Å². The summed E-state index contributed by atoms with van der Waals surface area (Å²) in [6, 6.07) is 10.6. The zero-order valence-corrected chi connectivity index (χ0v) is 15.1. The highest BCUT2D eigenvalue weighted by Gasteiger charge is 2.32. The first-order valence-electron chi connectivity index (χ1n) is 7.97. The molecule has 0 aromatic heterocycles. The zero-order valence-electron chi connectivity index (χ0n) is 14.3. The van der Waals surface area contributed by atoms with Crippen LogP contribution in [0.4, 0.5) is 13.2 Å². The van der Waals surface area contributed by atoms with Gasteiger partial charge < -0.3 is 0 Å². The highest BCUT2D eigenvalue weighted by atomic mass is 32.2. The second kappa shape index (κ2) is 6.43. The molecule has 0 saturated carbocycles. The van der Waals surface area contributed by atoms with Gasteiger partial charge in [0, 0.05) is 6.26 Å².